The van der Waals surface area contributed by atoms with E-state index in [1.54, 1.807) is 17.3 Å². The van der Waals surface area contributed by atoms with Gasteiger partial charge >= 0.3 is 0 Å². The SMILES string of the molecule is CCc1nccn1CC(=O)N1CC[C@H](c2[nH]ncc2S(C)(=O)=O)C1. The van der Waals surface area contributed by atoms with Crippen molar-refractivity contribution in [3.05, 3.63) is 30.1 Å². The van der Waals surface area contributed by atoms with Crippen LogP contribution in [-0.2, 0) is 27.6 Å². The number of hydrogen-bond acceptors (Lipinski definition) is 5. The molecule has 24 heavy (non-hydrogen) atoms. The number of rotatable bonds is 5. The topological polar surface area (TPSA) is 101 Å². The Morgan fingerprint density at radius 3 is 2.96 bits per heavy atom. The van der Waals surface area contributed by atoms with E-state index in [4.69, 9.17) is 0 Å². The van der Waals surface area contributed by atoms with Crippen molar-refractivity contribution < 1.29 is 13.2 Å². The van der Waals surface area contributed by atoms with E-state index in [0.717, 1.165) is 18.7 Å². The van der Waals surface area contributed by atoms with Crippen molar-refractivity contribution in [2.45, 2.75) is 37.1 Å². The Bertz CT molecular complexity index is 839. The molecular formula is C15H21N5O3S. The van der Waals surface area contributed by atoms with E-state index in [1.165, 1.54) is 12.5 Å². The van der Waals surface area contributed by atoms with Gasteiger partial charge in [-0.25, -0.2) is 13.4 Å². The molecule has 3 heterocycles. The minimum Gasteiger partial charge on any atom is -0.340 e. The summed E-state index contributed by atoms with van der Waals surface area (Å²) in [4.78, 5) is 18.7. The number of likely N-dealkylation sites (tertiary alicyclic amines) is 1. The van der Waals surface area contributed by atoms with Crippen molar-refractivity contribution in [3.63, 3.8) is 0 Å². The summed E-state index contributed by atoms with van der Waals surface area (Å²) in [5, 5.41) is 6.66. The van der Waals surface area contributed by atoms with Gasteiger partial charge in [0.1, 0.15) is 17.3 Å². The Hall–Kier alpha value is -2.16. The van der Waals surface area contributed by atoms with Crippen molar-refractivity contribution in [1.29, 1.82) is 0 Å². The van der Waals surface area contributed by atoms with Crippen LogP contribution in [0.5, 0.6) is 0 Å². The predicted octanol–water partition coefficient (Wildman–Crippen LogP) is 0.588. The molecule has 1 atom stereocenters. The van der Waals surface area contributed by atoms with E-state index in [1.807, 2.05) is 11.5 Å². The monoisotopic (exact) mass is 351 g/mol. The zero-order chi connectivity index (χ0) is 17.3. The summed E-state index contributed by atoms with van der Waals surface area (Å²) in [5.74, 6) is 0.868. The van der Waals surface area contributed by atoms with Crippen LogP contribution in [0.15, 0.2) is 23.5 Å². The maximum Gasteiger partial charge on any atom is 0.242 e. The van der Waals surface area contributed by atoms with Gasteiger partial charge in [-0.15, -0.1) is 0 Å². The lowest BCUT2D eigenvalue weighted by atomic mass is 10.1. The van der Waals surface area contributed by atoms with Gasteiger partial charge in [0, 0.05) is 44.1 Å². The van der Waals surface area contributed by atoms with Gasteiger partial charge in [-0.3, -0.25) is 9.89 Å². The van der Waals surface area contributed by atoms with Crippen LogP contribution in [0.4, 0.5) is 0 Å². The second-order valence-electron chi connectivity index (χ2n) is 6.07. The minimum absolute atomic E-state index is 0.0191. The highest BCUT2D eigenvalue weighted by molar-refractivity contribution is 7.90. The first kappa shape index (κ1) is 16.7. The average Bonchev–Trinajstić information content (AvgIpc) is 3.25. The summed E-state index contributed by atoms with van der Waals surface area (Å²) in [5.41, 5.74) is 0.602. The second-order valence-corrected chi connectivity index (χ2v) is 8.05. The van der Waals surface area contributed by atoms with Crippen LogP contribution in [0.2, 0.25) is 0 Å². The Balaban J connectivity index is 1.70. The highest BCUT2D eigenvalue weighted by Crippen LogP contribution is 2.30. The molecule has 0 unspecified atom stereocenters. The normalized spacial score (nSPS) is 18.2. The van der Waals surface area contributed by atoms with Crippen molar-refractivity contribution in [2.24, 2.45) is 0 Å². The van der Waals surface area contributed by atoms with Gasteiger partial charge in [0.25, 0.3) is 0 Å². The highest BCUT2D eigenvalue weighted by Gasteiger charge is 2.31. The summed E-state index contributed by atoms with van der Waals surface area (Å²) in [6, 6.07) is 0. The zero-order valence-corrected chi connectivity index (χ0v) is 14.6. The third kappa shape index (κ3) is 3.21. The minimum atomic E-state index is -3.32. The first-order valence-electron chi connectivity index (χ1n) is 7.91. The quantitative estimate of drug-likeness (QED) is 0.849. The number of nitrogens with one attached hydrogen (secondary N) is 1. The number of nitrogens with zero attached hydrogens (tertiary/aromatic N) is 4. The Kier molecular flexibility index (Phi) is 4.44. The third-order valence-corrected chi connectivity index (χ3v) is 5.53. The van der Waals surface area contributed by atoms with Crippen molar-refractivity contribution in [3.8, 4) is 0 Å². The fourth-order valence-corrected chi connectivity index (χ4v) is 4.00. The molecule has 0 aromatic carbocycles. The van der Waals surface area contributed by atoms with Gasteiger partial charge in [0.05, 0.1) is 11.9 Å². The molecule has 1 fully saturated rings. The van der Waals surface area contributed by atoms with Gasteiger partial charge in [0.2, 0.25) is 5.91 Å². The van der Waals surface area contributed by atoms with Gasteiger partial charge in [0.15, 0.2) is 9.84 Å². The van der Waals surface area contributed by atoms with Crippen molar-refractivity contribution in [1.82, 2.24) is 24.6 Å². The average molecular weight is 351 g/mol. The molecular weight excluding hydrogens is 330 g/mol. The molecule has 3 rings (SSSR count). The molecule has 2 aromatic rings. The summed E-state index contributed by atoms with van der Waals surface area (Å²) < 4.78 is 25.5. The molecule has 1 aliphatic rings. The van der Waals surface area contributed by atoms with Crippen LogP contribution in [0, 0.1) is 0 Å². The number of aromatic amines is 1. The fraction of sp³-hybridized carbons (Fsp3) is 0.533. The predicted molar refractivity (Wildman–Crippen MR) is 87.2 cm³/mol. The van der Waals surface area contributed by atoms with Crippen molar-refractivity contribution >= 4 is 15.7 Å². The van der Waals surface area contributed by atoms with Gasteiger partial charge in [-0.1, -0.05) is 6.92 Å². The molecule has 1 N–H and O–H groups in total. The van der Waals surface area contributed by atoms with E-state index >= 15 is 0 Å². The molecule has 0 bridgehead atoms. The zero-order valence-electron chi connectivity index (χ0n) is 13.8. The number of amides is 1. The maximum absolute atomic E-state index is 12.5. The number of H-pyrrole nitrogens is 1. The van der Waals surface area contributed by atoms with E-state index < -0.39 is 9.84 Å². The van der Waals surface area contributed by atoms with Crippen LogP contribution < -0.4 is 0 Å². The molecule has 9 heteroatoms. The molecule has 8 nitrogen and oxygen atoms in total. The Morgan fingerprint density at radius 2 is 2.25 bits per heavy atom. The van der Waals surface area contributed by atoms with E-state index in [2.05, 4.69) is 15.2 Å². The van der Waals surface area contributed by atoms with Crippen LogP contribution in [0.1, 0.15) is 30.8 Å². The molecule has 0 aliphatic carbocycles. The first-order chi connectivity index (χ1) is 11.4. The smallest absolute Gasteiger partial charge is 0.242 e. The van der Waals surface area contributed by atoms with Crippen LogP contribution in [-0.4, -0.2) is 58.3 Å². The molecule has 0 saturated carbocycles. The molecule has 1 saturated heterocycles. The molecule has 2 aromatic heterocycles. The number of sulfone groups is 1. The van der Waals surface area contributed by atoms with Gasteiger partial charge in [-0.05, 0) is 6.42 Å². The first-order valence-corrected chi connectivity index (χ1v) is 9.80. The molecule has 130 valence electrons. The number of carbonyl (C=O) groups is 1. The number of aryl methyl sites for hydroxylation is 1. The maximum atomic E-state index is 12.5. The second kappa shape index (κ2) is 6.39. The fourth-order valence-electron chi connectivity index (χ4n) is 3.14. The Morgan fingerprint density at radius 1 is 1.46 bits per heavy atom. The lowest BCUT2D eigenvalue weighted by Gasteiger charge is -2.17. The Labute approximate surface area is 140 Å². The van der Waals surface area contributed by atoms with E-state index in [0.29, 0.717) is 18.8 Å². The van der Waals surface area contributed by atoms with E-state index in [9.17, 15) is 13.2 Å². The molecule has 0 spiro atoms. The van der Waals surface area contributed by atoms with Gasteiger partial charge in [-0.2, -0.15) is 5.10 Å². The molecule has 0 radical (unpaired) electrons. The van der Waals surface area contributed by atoms with Crippen molar-refractivity contribution in [2.75, 3.05) is 19.3 Å². The standard InChI is InChI=1S/C15H21N5O3S/c1-3-13-16-5-7-19(13)10-14(21)20-6-4-11(9-20)15-12(8-17-18-15)24(2,22)23/h5,7-8,11H,3-4,6,9-10H2,1-2H3,(H,17,18)/t11-/m0/s1. The van der Waals surface area contributed by atoms with Gasteiger partial charge < -0.3 is 9.47 Å². The summed E-state index contributed by atoms with van der Waals surface area (Å²) >= 11 is 0. The van der Waals surface area contributed by atoms with Crippen LogP contribution in [0.3, 0.4) is 0 Å². The lowest BCUT2D eigenvalue weighted by molar-refractivity contribution is -0.130. The number of aromatic nitrogens is 4. The molecule has 1 aliphatic heterocycles. The molecule has 1 amide bonds. The summed E-state index contributed by atoms with van der Waals surface area (Å²) in [7, 11) is -3.32. The number of carbonyl (C=O) groups excluding carboxylic acids is 1. The summed E-state index contributed by atoms with van der Waals surface area (Å²) in [6.07, 6.45) is 7.51. The summed E-state index contributed by atoms with van der Waals surface area (Å²) in [6.45, 7) is 3.37. The van der Waals surface area contributed by atoms with E-state index in [-0.39, 0.29) is 23.3 Å². The third-order valence-electron chi connectivity index (χ3n) is 4.40. The lowest BCUT2D eigenvalue weighted by Crippen LogP contribution is -2.32. The number of hydrogen-bond donors (Lipinski definition) is 1. The van der Waals surface area contributed by atoms with Crippen LogP contribution in [0.25, 0.3) is 0 Å². The largest absolute Gasteiger partial charge is 0.340 e. The van der Waals surface area contributed by atoms with Crippen LogP contribution >= 0.6 is 0 Å². The highest BCUT2D eigenvalue weighted by atomic mass is 32.2. The number of imidazole rings is 1.